The maximum absolute atomic E-state index is 10.6. The molecule has 0 unspecified atom stereocenters. The number of nitrogens with zero attached hydrogens (tertiary/aromatic N) is 3. The molecule has 0 aromatic carbocycles. The normalized spacial score (nSPS) is 15.7. The van der Waals surface area contributed by atoms with Crippen LogP contribution in [0.2, 0.25) is 0 Å². The lowest BCUT2D eigenvalue weighted by atomic mass is 10.0. The lowest BCUT2D eigenvalue weighted by Crippen LogP contribution is -2.23. The predicted octanol–water partition coefficient (Wildman–Crippen LogP) is 1.70. The van der Waals surface area contributed by atoms with E-state index in [4.69, 9.17) is 10.00 Å². The quantitative estimate of drug-likeness (QED) is 0.654. The fourth-order valence-electron chi connectivity index (χ4n) is 1.97. The Morgan fingerprint density at radius 1 is 1.58 bits per heavy atom. The average Bonchev–Trinajstić information content (AvgIpc) is 2.45. The summed E-state index contributed by atoms with van der Waals surface area (Å²) >= 11 is 0. The zero-order valence-electron chi connectivity index (χ0n) is 10.3. The van der Waals surface area contributed by atoms with Crippen LogP contribution in [0.25, 0.3) is 0 Å². The Hall–Kier alpha value is -2.20. The largest absolute Gasteiger partial charge is 0.381 e. The molecule has 1 aromatic heterocycles. The molecule has 19 heavy (non-hydrogen) atoms. The second kappa shape index (κ2) is 6.11. The standard InChI is InChI=1S/C12H14N4O3/c13-6-10-5-11(16(17)18)8-15-12(10)14-7-9-1-3-19-4-2-9/h5,8-9H,1-4,7H2,(H,14,15). The van der Waals surface area contributed by atoms with Crippen LogP contribution >= 0.6 is 0 Å². The minimum Gasteiger partial charge on any atom is -0.381 e. The molecule has 2 heterocycles. The van der Waals surface area contributed by atoms with E-state index in [9.17, 15) is 10.1 Å². The number of ether oxygens (including phenoxy) is 1. The van der Waals surface area contributed by atoms with Crippen molar-refractivity contribution < 1.29 is 9.66 Å². The fourth-order valence-corrected chi connectivity index (χ4v) is 1.97. The van der Waals surface area contributed by atoms with Gasteiger partial charge in [0.05, 0.1) is 4.92 Å². The Balaban J connectivity index is 2.03. The van der Waals surface area contributed by atoms with Crippen molar-refractivity contribution >= 4 is 11.5 Å². The Bertz CT molecular complexity index is 506. The molecule has 0 atom stereocenters. The molecule has 7 heteroatoms. The van der Waals surface area contributed by atoms with Crippen molar-refractivity contribution in [1.82, 2.24) is 4.98 Å². The summed E-state index contributed by atoms with van der Waals surface area (Å²) in [5, 5.41) is 22.7. The number of rotatable bonds is 4. The summed E-state index contributed by atoms with van der Waals surface area (Å²) in [6, 6.07) is 3.16. The van der Waals surface area contributed by atoms with Crippen molar-refractivity contribution in [3.63, 3.8) is 0 Å². The highest BCUT2D eigenvalue weighted by Crippen LogP contribution is 2.20. The van der Waals surface area contributed by atoms with Crippen molar-refractivity contribution in [1.29, 1.82) is 5.26 Å². The molecule has 0 radical (unpaired) electrons. The molecule has 100 valence electrons. The van der Waals surface area contributed by atoms with Crippen LogP contribution in [0.1, 0.15) is 18.4 Å². The highest BCUT2D eigenvalue weighted by atomic mass is 16.6. The summed E-state index contributed by atoms with van der Waals surface area (Å²) < 4.78 is 5.27. The van der Waals surface area contributed by atoms with Crippen LogP contribution < -0.4 is 5.32 Å². The minimum absolute atomic E-state index is 0.173. The van der Waals surface area contributed by atoms with Gasteiger partial charge in [-0.2, -0.15) is 5.26 Å². The molecule has 1 fully saturated rings. The maximum Gasteiger partial charge on any atom is 0.289 e. The van der Waals surface area contributed by atoms with Crippen LogP contribution in [0.3, 0.4) is 0 Å². The molecule has 2 rings (SSSR count). The van der Waals surface area contributed by atoms with E-state index in [1.165, 1.54) is 6.07 Å². The van der Waals surface area contributed by atoms with Crippen molar-refractivity contribution in [2.24, 2.45) is 5.92 Å². The van der Waals surface area contributed by atoms with Crippen LogP contribution in [0.4, 0.5) is 11.5 Å². The summed E-state index contributed by atoms with van der Waals surface area (Å²) in [5.74, 6) is 0.886. The van der Waals surface area contributed by atoms with Gasteiger partial charge in [-0.1, -0.05) is 0 Å². The molecule has 0 saturated carbocycles. The second-order valence-corrected chi connectivity index (χ2v) is 4.40. The molecular weight excluding hydrogens is 248 g/mol. The fraction of sp³-hybridized carbons (Fsp3) is 0.500. The smallest absolute Gasteiger partial charge is 0.289 e. The Labute approximate surface area is 110 Å². The third kappa shape index (κ3) is 3.39. The number of aromatic nitrogens is 1. The van der Waals surface area contributed by atoms with Crippen LogP contribution in [0, 0.1) is 27.4 Å². The predicted molar refractivity (Wildman–Crippen MR) is 67.6 cm³/mol. The van der Waals surface area contributed by atoms with E-state index in [2.05, 4.69) is 10.3 Å². The first kappa shape index (κ1) is 13.2. The summed E-state index contributed by atoms with van der Waals surface area (Å²) in [7, 11) is 0. The van der Waals surface area contributed by atoms with E-state index in [1.807, 2.05) is 6.07 Å². The average molecular weight is 262 g/mol. The molecule has 1 N–H and O–H groups in total. The van der Waals surface area contributed by atoms with Gasteiger partial charge in [0.2, 0.25) is 0 Å². The summed E-state index contributed by atoms with van der Waals surface area (Å²) in [4.78, 5) is 14.0. The van der Waals surface area contributed by atoms with E-state index in [1.54, 1.807) is 0 Å². The van der Waals surface area contributed by atoms with Crippen LogP contribution in [-0.2, 0) is 4.74 Å². The highest BCUT2D eigenvalue weighted by molar-refractivity contribution is 5.55. The van der Waals surface area contributed by atoms with Gasteiger partial charge in [-0.3, -0.25) is 10.1 Å². The maximum atomic E-state index is 10.6. The molecule has 7 nitrogen and oxygen atoms in total. The van der Waals surface area contributed by atoms with Gasteiger partial charge in [-0.15, -0.1) is 0 Å². The van der Waals surface area contributed by atoms with Crippen LogP contribution in [-0.4, -0.2) is 29.7 Å². The number of nitro groups is 1. The molecule has 1 saturated heterocycles. The lowest BCUT2D eigenvalue weighted by molar-refractivity contribution is -0.385. The number of anilines is 1. The zero-order valence-corrected chi connectivity index (χ0v) is 10.3. The second-order valence-electron chi connectivity index (χ2n) is 4.40. The summed E-state index contributed by atoms with van der Waals surface area (Å²) in [6.45, 7) is 2.21. The molecular formula is C12H14N4O3. The van der Waals surface area contributed by atoms with Gasteiger partial charge in [0.1, 0.15) is 23.6 Å². The van der Waals surface area contributed by atoms with Gasteiger partial charge < -0.3 is 10.1 Å². The van der Waals surface area contributed by atoms with Gasteiger partial charge >= 0.3 is 0 Å². The number of nitrogens with one attached hydrogen (secondary N) is 1. The summed E-state index contributed by atoms with van der Waals surface area (Å²) in [6.07, 6.45) is 3.11. The molecule has 1 aliphatic heterocycles. The number of hydrogen-bond donors (Lipinski definition) is 1. The molecule has 1 aliphatic rings. The lowest BCUT2D eigenvalue weighted by Gasteiger charge is -2.22. The zero-order chi connectivity index (χ0) is 13.7. The van der Waals surface area contributed by atoms with Crippen molar-refractivity contribution in [2.45, 2.75) is 12.8 Å². The van der Waals surface area contributed by atoms with Gasteiger partial charge in [0.15, 0.2) is 0 Å². The highest BCUT2D eigenvalue weighted by Gasteiger charge is 2.16. The van der Waals surface area contributed by atoms with Crippen LogP contribution in [0.5, 0.6) is 0 Å². The molecule has 1 aromatic rings. The first-order chi connectivity index (χ1) is 9.20. The topological polar surface area (TPSA) is 101 Å². The molecule has 0 aliphatic carbocycles. The monoisotopic (exact) mass is 262 g/mol. The Morgan fingerprint density at radius 2 is 2.32 bits per heavy atom. The van der Waals surface area contributed by atoms with E-state index < -0.39 is 4.92 Å². The number of hydrogen-bond acceptors (Lipinski definition) is 6. The van der Waals surface area contributed by atoms with E-state index in [0.29, 0.717) is 18.3 Å². The van der Waals surface area contributed by atoms with Gasteiger partial charge in [-0.25, -0.2) is 4.98 Å². The van der Waals surface area contributed by atoms with Crippen molar-refractivity contribution in [3.05, 3.63) is 27.9 Å². The first-order valence-electron chi connectivity index (χ1n) is 6.07. The third-order valence-electron chi connectivity index (χ3n) is 3.10. The van der Waals surface area contributed by atoms with E-state index in [0.717, 1.165) is 32.3 Å². The van der Waals surface area contributed by atoms with Crippen molar-refractivity contribution in [3.8, 4) is 6.07 Å². The number of pyridine rings is 1. The number of nitriles is 1. The SMILES string of the molecule is N#Cc1cc([N+](=O)[O-])cnc1NCC1CCOCC1. The van der Waals surface area contributed by atoms with Gasteiger partial charge in [0, 0.05) is 25.8 Å². The van der Waals surface area contributed by atoms with Gasteiger partial charge in [0.25, 0.3) is 5.69 Å². The Kier molecular flexibility index (Phi) is 4.26. The summed E-state index contributed by atoms with van der Waals surface area (Å²) in [5.41, 5.74) is 0.0226. The molecule has 0 bridgehead atoms. The molecule has 0 amide bonds. The Morgan fingerprint density at radius 3 is 2.95 bits per heavy atom. The molecule has 0 spiro atoms. The minimum atomic E-state index is -0.559. The van der Waals surface area contributed by atoms with Crippen molar-refractivity contribution in [2.75, 3.05) is 25.1 Å². The van der Waals surface area contributed by atoms with Gasteiger partial charge in [-0.05, 0) is 18.8 Å². The van der Waals surface area contributed by atoms with E-state index >= 15 is 0 Å². The third-order valence-corrected chi connectivity index (χ3v) is 3.10. The first-order valence-corrected chi connectivity index (χ1v) is 6.07. The van der Waals surface area contributed by atoms with E-state index in [-0.39, 0.29) is 11.3 Å². The van der Waals surface area contributed by atoms with Crippen LogP contribution in [0.15, 0.2) is 12.3 Å².